The minimum absolute atomic E-state index is 0.0798. The van der Waals surface area contributed by atoms with Crippen LogP contribution < -0.4 is 4.74 Å². The summed E-state index contributed by atoms with van der Waals surface area (Å²) < 4.78 is 17.9. The summed E-state index contributed by atoms with van der Waals surface area (Å²) in [5.74, 6) is 2.81. The molecule has 5 heterocycles. The zero-order valence-corrected chi connectivity index (χ0v) is 31.6. The fourth-order valence-electron chi connectivity index (χ4n) is 8.29. The van der Waals surface area contributed by atoms with E-state index in [9.17, 15) is 9.59 Å². The monoisotopic (exact) mass is 706 g/mol. The van der Waals surface area contributed by atoms with Gasteiger partial charge in [-0.05, 0) is 127 Å². The van der Waals surface area contributed by atoms with Gasteiger partial charge in [0, 0.05) is 23.7 Å². The highest BCUT2D eigenvalue weighted by atomic mass is 16.6. The summed E-state index contributed by atoms with van der Waals surface area (Å²) in [5.41, 5.74) is 8.60. The van der Waals surface area contributed by atoms with Crippen molar-refractivity contribution in [2.75, 3.05) is 6.54 Å². The molecular weight excluding hydrogens is 656 g/mol. The third kappa shape index (κ3) is 6.32. The lowest BCUT2D eigenvalue weighted by Crippen LogP contribution is -2.40. The Morgan fingerprint density at radius 3 is 2.38 bits per heavy atom. The molecule has 11 nitrogen and oxygen atoms in total. The first kappa shape index (κ1) is 34.3. The lowest BCUT2D eigenvalue weighted by Gasteiger charge is -2.30. The molecule has 1 aliphatic carbocycles. The molecule has 2 fully saturated rings. The maximum Gasteiger partial charge on any atom is 0.411 e. The number of nitrogens with one attached hydrogen (secondary N) is 2. The summed E-state index contributed by atoms with van der Waals surface area (Å²) in [5, 5.41) is 0. The number of carbonyl (C=O) groups excluding carboxylic acids is 2. The third-order valence-corrected chi connectivity index (χ3v) is 10.6. The van der Waals surface area contributed by atoms with E-state index in [0.29, 0.717) is 19.1 Å². The molecule has 2 aromatic heterocycles. The summed E-state index contributed by atoms with van der Waals surface area (Å²) in [6.07, 6.45) is 5.55. The first-order valence-corrected chi connectivity index (χ1v) is 18.7. The number of aromatic amines is 2. The second-order valence-electron chi connectivity index (χ2n) is 17.1. The number of hydrogen-bond acceptors (Lipinski definition) is 7. The van der Waals surface area contributed by atoms with Gasteiger partial charge >= 0.3 is 12.2 Å². The predicted molar refractivity (Wildman–Crippen MR) is 198 cm³/mol. The van der Waals surface area contributed by atoms with Crippen LogP contribution in [0.5, 0.6) is 5.75 Å². The number of nitrogens with zero attached hydrogens (tertiary/aromatic N) is 4. The van der Waals surface area contributed by atoms with Crippen molar-refractivity contribution in [3.05, 3.63) is 65.0 Å². The SMILES string of the molecule is CC1CC[C@@H](c2nc3c([nH]2)-c2cc4c(cc2CC3)-c2ccc(-c3cnc([C@@H]5C[C@H](C)CN5C(=O)OC(C)(C)C)[nH]3)cc2CO4)N1C(=O)OC(C)(C)C. The molecule has 2 aromatic carbocycles. The van der Waals surface area contributed by atoms with Gasteiger partial charge in [-0.1, -0.05) is 19.1 Å². The zero-order valence-electron chi connectivity index (χ0n) is 31.6. The van der Waals surface area contributed by atoms with Crippen molar-refractivity contribution in [1.82, 2.24) is 29.7 Å². The fraction of sp³-hybridized carbons (Fsp3) is 0.512. The van der Waals surface area contributed by atoms with E-state index >= 15 is 0 Å². The van der Waals surface area contributed by atoms with E-state index in [1.807, 2.05) is 52.6 Å². The van der Waals surface area contributed by atoms with E-state index in [1.165, 1.54) is 5.56 Å². The van der Waals surface area contributed by atoms with Crippen LogP contribution in [0.2, 0.25) is 0 Å². The van der Waals surface area contributed by atoms with Crippen LogP contribution >= 0.6 is 0 Å². The smallest absolute Gasteiger partial charge is 0.411 e. The van der Waals surface area contributed by atoms with E-state index in [4.69, 9.17) is 24.2 Å². The molecule has 274 valence electrons. The molecule has 8 rings (SSSR count). The number of aromatic nitrogens is 4. The van der Waals surface area contributed by atoms with Crippen LogP contribution in [-0.2, 0) is 28.9 Å². The van der Waals surface area contributed by atoms with Crippen molar-refractivity contribution in [2.24, 2.45) is 5.92 Å². The second kappa shape index (κ2) is 12.4. The van der Waals surface area contributed by atoms with E-state index in [0.717, 1.165) is 94.4 Å². The number of carbonyl (C=O) groups is 2. The molecule has 4 aliphatic rings. The van der Waals surface area contributed by atoms with Gasteiger partial charge < -0.3 is 24.2 Å². The van der Waals surface area contributed by atoms with Gasteiger partial charge in [0.1, 0.15) is 35.2 Å². The van der Waals surface area contributed by atoms with Crippen LogP contribution in [0.15, 0.2) is 36.5 Å². The molecule has 4 aromatic rings. The molecule has 2 amide bonds. The highest BCUT2D eigenvalue weighted by Gasteiger charge is 2.41. The Hall–Kier alpha value is -4.80. The largest absolute Gasteiger partial charge is 0.488 e. The number of aryl methyl sites for hydroxylation is 2. The first-order chi connectivity index (χ1) is 24.6. The number of H-pyrrole nitrogens is 2. The lowest BCUT2D eigenvalue weighted by atomic mass is 9.86. The average Bonchev–Trinajstić information content (AvgIpc) is 3.87. The van der Waals surface area contributed by atoms with Gasteiger partial charge in [-0.2, -0.15) is 0 Å². The summed E-state index contributed by atoms with van der Waals surface area (Å²) in [7, 11) is 0. The first-order valence-electron chi connectivity index (χ1n) is 18.7. The summed E-state index contributed by atoms with van der Waals surface area (Å²) in [6.45, 7) is 16.7. The van der Waals surface area contributed by atoms with Crippen molar-refractivity contribution in [3.63, 3.8) is 0 Å². The average molecular weight is 707 g/mol. The van der Waals surface area contributed by atoms with Crippen LogP contribution in [0.25, 0.3) is 33.6 Å². The molecule has 1 unspecified atom stereocenters. The van der Waals surface area contributed by atoms with Gasteiger partial charge in [-0.15, -0.1) is 0 Å². The fourth-order valence-corrected chi connectivity index (χ4v) is 8.29. The second-order valence-corrected chi connectivity index (χ2v) is 17.1. The number of amides is 2. The molecule has 2 saturated heterocycles. The summed E-state index contributed by atoms with van der Waals surface area (Å²) in [6, 6.07) is 10.7. The number of hydrogen-bond donors (Lipinski definition) is 2. The molecule has 3 aliphatic heterocycles. The molecular formula is C41H50N6O5. The van der Waals surface area contributed by atoms with Gasteiger partial charge in [-0.3, -0.25) is 9.80 Å². The normalized spacial score (nSPS) is 22.3. The van der Waals surface area contributed by atoms with Crippen LogP contribution in [0, 0.1) is 5.92 Å². The van der Waals surface area contributed by atoms with Gasteiger partial charge in [0.25, 0.3) is 0 Å². The maximum absolute atomic E-state index is 13.2. The van der Waals surface area contributed by atoms with Gasteiger partial charge in [-0.25, -0.2) is 19.6 Å². The number of rotatable bonds is 3. The highest BCUT2D eigenvalue weighted by Crippen LogP contribution is 2.46. The van der Waals surface area contributed by atoms with Crippen molar-refractivity contribution in [1.29, 1.82) is 0 Å². The Morgan fingerprint density at radius 1 is 0.846 bits per heavy atom. The predicted octanol–water partition coefficient (Wildman–Crippen LogP) is 8.90. The Bertz CT molecular complexity index is 2050. The topological polar surface area (TPSA) is 126 Å². The van der Waals surface area contributed by atoms with E-state index in [2.05, 4.69) is 54.1 Å². The van der Waals surface area contributed by atoms with Crippen LogP contribution in [0.1, 0.15) is 115 Å². The van der Waals surface area contributed by atoms with Crippen molar-refractivity contribution < 1.29 is 23.8 Å². The van der Waals surface area contributed by atoms with Crippen molar-refractivity contribution in [2.45, 2.75) is 123 Å². The number of ether oxygens (including phenoxy) is 3. The maximum atomic E-state index is 13.2. The minimum Gasteiger partial charge on any atom is -0.488 e. The van der Waals surface area contributed by atoms with E-state index < -0.39 is 11.2 Å². The summed E-state index contributed by atoms with van der Waals surface area (Å²) >= 11 is 0. The quantitative estimate of drug-likeness (QED) is 0.218. The van der Waals surface area contributed by atoms with Crippen LogP contribution in [0.3, 0.4) is 0 Å². The van der Waals surface area contributed by atoms with Crippen LogP contribution in [-0.4, -0.2) is 65.7 Å². The Morgan fingerprint density at radius 2 is 1.62 bits per heavy atom. The van der Waals surface area contributed by atoms with Crippen LogP contribution in [0.4, 0.5) is 9.59 Å². The number of likely N-dealkylation sites (tertiary alicyclic amines) is 2. The molecule has 4 atom stereocenters. The van der Waals surface area contributed by atoms with Gasteiger partial charge in [0.15, 0.2) is 0 Å². The molecule has 0 radical (unpaired) electrons. The number of benzene rings is 2. The van der Waals surface area contributed by atoms with Gasteiger partial charge in [0.05, 0.1) is 35.4 Å². The Kier molecular flexibility index (Phi) is 8.19. The Labute approximate surface area is 305 Å². The van der Waals surface area contributed by atoms with E-state index in [-0.39, 0.29) is 30.3 Å². The molecule has 0 saturated carbocycles. The van der Waals surface area contributed by atoms with Crippen molar-refractivity contribution in [3.8, 4) is 39.4 Å². The zero-order chi connectivity index (χ0) is 36.7. The third-order valence-electron chi connectivity index (χ3n) is 10.6. The highest BCUT2D eigenvalue weighted by molar-refractivity contribution is 5.83. The molecule has 2 N–H and O–H groups in total. The molecule has 11 heteroatoms. The van der Waals surface area contributed by atoms with Crippen molar-refractivity contribution >= 4 is 12.2 Å². The summed E-state index contributed by atoms with van der Waals surface area (Å²) in [4.78, 5) is 46.9. The molecule has 0 spiro atoms. The minimum atomic E-state index is -0.561. The standard InChI is InChI=1S/C41H50N6O5/c1-22-15-33(46(20-22)38(48)51-40(3,4)5)36-42-19-31(44-36)25-10-12-27-26(16-25)21-50-34-18-28-24(17-29(27)34)11-13-30-35(28)45-37(43-30)32-14-9-23(2)47(32)39(49)52-41(6,7)8/h10,12,16-19,22-23,32-33H,9,11,13-15,20-21H2,1-8H3,(H,42,44)(H,43,45)/t22-,23?,32-,33-/m0/s1. The molecule has 0 bridgehead atoms. The number of imidazole rings is 2. The van der Waals surface area contributed by atoms with E-state index in [1.54, 1.807) is 4.90 Å². The van der Waals surface area contributed by atoms with Gasteiger partial charge in [0.2, 0.25) is 0 Å². The molecule has 52 heavy (non-hydrogen) atoms. The Balaban J connectivity index is 1.04. The number of fused-ring (bicyclic) bond motifs is 6. The lowest BCUT2D eigenvalue weighted by molar-refractivity contribution is 0.0150.